The van der Waals surface area contributed by atoms with Gasteiger partial charge in [-0.2, -0.15) is 0 Å². The highest BCUT2D eigenvalue weighted by atomic mass is 32.2. The maximum absolute atomic E-state index is 12.4. The second-order valence-corrected chi connectivity index (χ2v) is 7.11. The number of anilines is 1. The third kappa shape index (κ3) is 4.74. The first kappa shape index (κ1) is 16.8. The normalized spacial score (nSPS) is 15.3. The topological polar surface area (TPSA) is 45.2 Å². The highest BCUT2D eigenvalue weighted by Crippen LogP contribution is 2.20. The number of hydrogen-bond acceptors (Lipinski definition) is 4. The number of likely N-dealkylation sites (tertiary alicyclic amines) is 1. The van der Waals surface area contributed by atoms with Gasteiger partial charge in [-0.15, -0.1) is 11.8 Å². The molecule has 0 radical (unpaired) electrons. The maximum atomic E-state index is 12.4. The molecule has 24 heavy (non-hydrogen) atoms. The van der Waals surface area contributed by atoms with Crippen molar-refractivity contribution in [3.63, 3.8) is 0 Å². The fourth-order valence-corrected chi connectivity index (χ4v) is 3.68. The summed E-state index contributed by atoms with van der Waals surface area (Å²) in [4.78, 5) is 20.0. The third-order valence-electron chi connectivity index (χ3n) is 4.19. The molecule has 3 rings (SSSR count). The monoisotopic (exact) mass is 341 g/mol. The average molecular weight is 341 g/mol. The summed E-state index contributed by atoms with van der Waals surface area (Å²) in [5.74, 6) is 1.68. The minimum absolute atomic E-state index is 0.232. The van der Waals surface area contributed by atoms with Gasteiger partial charge < -0.3 is 10.2 Å². The molecule has 0 unspecified atom stereocenters. The van der Waals surface area contributed by atoms with Crippen LogP contribution in [-0.4, -0.2) is 40.7 Å². The minimum Gasteiger partial charge on any atom is -0.367 e. The van der Waals surface area contributed by atoms with Crippen molar-refractivity contribution < 1.29 is 4.79 Å². The highest BCUT2D eigenvalue weighted by molar-refractivity contribution is 8.00. The van der Waals surface area contributed by atoms with Gasteiger partial charge in [0.25, 0.3) is 0 Å². The van der Waals surface area contributed by atoms with Crippen molar-refractivity contribution in [2.75, 3.05) is 24.2 Å². The van der Waals surface area contributed by atoms with Gasteiger partial charge in [-0.3, -0.25) is 4.79 Å². The first-order valence-electron chi connectivity index (χ1n) is 8.36. The number of nitrogens with one attached hydrogen (secondary N) is 1. The molecule has 1 amide bonds. The van der Waals surface area contributed by atoms with Crippen molar-refractivity contribution in [3.8, 4) is 0 Å². The number of piperidine rings is 1. The molecule has 0 bridgehead atoms. The highest BCUT2D eigenvalue weighted by Gasteiger charge is 2.22. The lowest BCUT2D eigenvalue weighted by molar-refractivity contribution is -0.129. The van der Waals surface area contributed by atoms with Gasteiger partial charge in [-0.05, 0) is 44.0 Å². The Labute approximate surface area is 147 Å². The van der Waals surface area contributed by atoms with E-state index < -0.39 is 0 Å². The maximum Gasteiger partial charge on any atom is 0.232 e. The molecule has 126 valence electrons. The SMILES string of the molecule is Cc1cccc(NC2CCN(C(=O)CSc3ccccc3)CC2)n1. The van der Waals surface area contributed by atoms with Crippen molar-refractivity contribution in [1.29, 1.82) is 0 Å². The zero-order chi connectivity index (χ0) is 16.8. The van der Waals surface area contributed by atoms with E-state index in [-0.39, 0.29) is 5.91 Å². The van der Waals surface area contributed by atoms with Crippen molar-refractivity contribution in [2.24, 2.45) is 0 Å². The number of carbonyl (C=O) groups excluding carboxylic acids is 1. The lowest BCUT2D eigenvalue weighted by atomic mass is 10.1. The van der Waals surface area contributed by atoms with Crippen LogP contribution in [0.3, 0.4) is 0 Å². The lowest BCUT2D eigenvalue weighted by Gasteiger charge is -2.32. The average Bonchev–Trinajstić information content (AvgIpc) is 2.61. The molecule has 1 N–H and O–H groups in total. The Hall–Kier alpha value is -2.01. The van der Waals surface area contributed by atoms with Crippen LogP contribution in [0.1, 0.15) is 18.5 Å². The van der Waals surface area contributed by atoms with Gasteiger partial charge >= 0.3 is 0 Å². The smallest absolute Gasteiger partial charge is 0.232 e. The van der Waals surface area contributed by atoms with Gasteiger partial charge in [-0.1, -0.05) is 24.3 Å². The summed E-state index contributed by atoms with van der Waals surface area (Å²) in [7, 11) is 0. The van der Waals surface area contributed by atoms with Crippen LogP contribution in [0.15, 0.2) is 53.4 Å². The molecule has 0 spiro atoms. The van der Waals surface area contributed by atoms with Gasteiger partial charge in [0.2, 0.25) is 5.91 Å². The number of amides is 1. The first-order valence-corrected chi connectivity index (χ1v) is 9.35. The van der Waals surface area contributed by atoms with Crippen molar-refractivity contribution in [2.45, 2.75) is 30.7 Å². The molecule has 0 aliphatic carbocycles. The molecule has 1 aliphatic heterocycles. The Morgan fingerprint density at radius 2 is 1.92 bits per heavy atom. The van der Waals surface area contributed by atoms with Gasteiger partial charge in [-0.25, -0.2) is 4.98 Å². The molecule has 1 saturated heterocycles. The van der Waals surface area contributed by atoms with E-state index >= 15 is 0 Å². The number of thioether (sulfide) groups is 1. The zero-order valence-electron chi connectivity index (χ0n) is 13.9. The zero-order valence-corrected chi connectivity index (χ0v) is 14.8. The quantitative estimate of drug-likeness (QED) is 0.844. The van der Waals surface area contributed by atoms with Gasteiger partial charge in [0.05, 0.1) is 5.75 Å². The van der Waals surface area contributed by atoms with Crippen LogP contribution in [0.25, 0.3) is 0 Å². The summed E-state index contributed by atoms with van der Waals surface area (Å²) >= 11 is 1.61. The number of pyridine rings is 1. The van der Waals surface area contributed by atoms with Crippen molar-refractivity contribution in [3.05, 3.63) is 54.2 Å². The molecule has 1 aromatic heterocycles. The van der Waals surface area contributed by atoms with E-state index in [2.05, 4.69) is 10.3 Å². The van der Waals surface area contributed by atoms with E-state index in [1.807, 2.05) is 60.4 Å². The van der Waals surface area contributed by atoms with Crippen LogP contribution in [0.5, 0.6) is 0 Å². The van der Waals surface area contributed by atoms with Crippen LogP contribution < -0.4 is 5.32 Å². The van der Waals surface area contributed by atoms with Gasteiger partial charge in [0, 0.05) is 29.7 Å². The van der Waals surface area contributed by atoms with Gasteiger partial charge in [0.15, 0.2) is 0 Å². The van der Waals surface area contributed by atoms with Crippen LogP contribution in [-0.2, 0) is 4.79 Å². The minimum atomic E-state index is 0.232. The van der Waals surface area contributed by atoms with E-state index in [9.17, 15) is 4.79 Å². The second kappa shape index (κ2) is 8.20. The predicted octanol–water partition coefficient (Wildman–Crippen LogP) is 3.59. The fourth-order valence-electron chi connectivity index (χ4n) is 2.86. The molecule has 0 atom stereocenters. The molecular formula is C19H23N3OS. The standard InChI is InChI=1S/C19H23N3OS/c1-15-6-5-9-18(20-15)21-16-10-12-22(13-11-16)19(23)14-24-17-7-3-2-4-8-17/h2-9,16H,10-14H2,1H3,(H,20,21). The third-order valence-corrected chi connectivity index (χ3v) is 5.19. The Morgan fingerprint density at radius 1 is 1.17 bits per heavy atom. The van der Waals surface area contributed by atoms with Crippen LogP contribution in [0, 0.1) is 6.92 Å². The summed E-state index contributed by atoms with van der Waals surface area (Å²) in [5.41, 5.74) is 1.02. The summed E-state index contributed by atoms with van der Waals surface area (Å²) in [6.07, 6.45) is 1.94. The fraction of sp³-hybridized carbons (Fsp3) is 0.368. The van der Waals surface area contributed by atoms with Gasteiger partial charge in [0.1, 0.15) is 5.82 Å². The van der Waals surface area contributed by atoms with E-state index in [0.29, 0.717) is 11.8 Å². The summed E-state index contributed by atoms with van der Waals surface area (Å²) in [6.45, 7) is 3.63. The Bertz CT molecular complexity index is 669. The lowest BCUT2D eigenvalue weighted by Crippen LogP contribution is -2.43. The van der Waals surface area contributed by atoms with Crippen LogP contribution in [0.4, 0.5) is 5.82 Å². The molecular weight excluding hydrogens is 318 g/mol. The number of nitrogens with zero attached hydrogens (tertiary/aromatic N) is 2. The molecule has 2 heterocycles. The Balaban J connectivity index is 1.43. The summed E-state index contributed by atoms with van der Waals surface area (Å²) in [6, 6.07) is 16.5. The van der Waals surface area contributed by atoms with Crippen LogP contribution in [0.2, 0.25) is 0 Å². The first-order chi connectivity index (χ1) is 11.7. The number of hydrogen-bond donors (Lipinski definition) is 1. The summed E-state index contributed by atoms with van der Waals surface area (Å²) < 4.78 is 0. The molecule has 5 heteroatoms. The van der Waals surface area contributed by atoms with Crippen LogP contribution >= 0.6 is 11.8 Å². The molecule has 0 saturated carbocycles. The largest absolute Gasteiger partial charge is 0.367 e. The summed E-state index contributed by atoms with van der Waals surface area (Å²) in [5, 5.41) is 3.48. The molecule has 1 aliphatic rings. The Morgan fingerprint density at radius 3 is 2.62 bits per heavy atom. The van der Waals surface area contributed by atoms with E-state index in [0.717, 1.165) is 42.3 Å². The number of aryl methyl sites for hydroxylation is 1. The molecule has 1 aromatic carbocycles. The second-order valence-electron chi connectivity index (χ2n) is 6.07. The van der Waals surface area contributed by atoms with E-state index in [1.54, 1.807) is 11.8 Å². The van der Waals surface area contributed by atoms with Crippen molar-refractivity contribution >= 4 is 23.5 Å². The predicted molar refractivity (Wildman–Crippen MR) is 99.4 cm³/mol. The number of benzene rings is 1. The molecule has 2 aromatic rings. The van der Waals surface area contributed by atoms with E-state index in [4.69, 9.17) is 0 Å². The molecule has 4 nitrogen and oxygen atoms in total. The Kier molecular flexibility index (Phi) is 5.75. The van der Waals surface area contributed by atoms with Crippen molar-refractivity contribution in [1.82, 2.24) is 9.88 Å². The number of rotatable bonds is 5. The van der Waals surface area contributed by atoms with E-state index in [1.165, 1.54) is 0 Å². The molecule has 1 fully saturated rings. The number of carbonyl (C=O) groups is 1. The number of aromatic nitrogens is 1.